The van der Waals surface area contributed by atoms with Crippen LogP contribution in [0.1, 0.15) is 54.4 Å². The quantitative estimate of drug-likeness (QED) is 0.496. The van der Waals surface area contributed by atoms with E-state index in [0.717, 1.165) is 6.42 Å². The number of rotatable bonds is 9. The molecule has 32 heavy (non-hydrogen) atoms. The van der Waals surface area contributed by atoms with Crippen LogP contribution < -0.4 is 10.0 Å². The number of carbonyl (C=O) groups is 1. The third kappa shape index (κ3) is 5.87. The van der Waals surface area contributed by atoms with E-state index in [1.54, 1.807) is 25.1 Å². The molecular formula is C25H30N2O4S. The maximum Gasteiger partial charge on any atom is 0.251 e. The lowest BCUT2D eigenvalue weighted by Gasteiger charge is -2.29. The SMILES string of the molecule is Cc1ccc(S(=O)(=O)NCc2ccco2)cc1C(=O)NC(C)CC(C)(C)c1ccccc1. The number of benzene rings is 2. The summed E-state index contributed by atoms with van der Waals surface area (Å²) in [5, 5.41) is 3.03. The van der Waals surface area contributed by atoms with Crippen molar-refractivity contribution in [2.24, 2.45) is 0 Å². The smallest absolute Gasteiger partial charge is 0.251 e. The van der Waals surface area contributed by atoms with Crippen LogP contribution >= 0.6 is 0 Å². The Hall–Kier alpha value is -2.90. The van der Waals surface area contributed by atoms with Gasteiger partial charge in [-0.3, -0.25) is 4.79 Å². The first-order valence-corrected chi connectivity index (χ1v) is 12.1. The second-order valence-electron chi connectivity index (χ2n) is 8.71. The molecule has 1 atom stereocenters. The Balaban J connectivity index is 1.71. The number of hydrogen-bond donors (Lipinski definition) is 2. The van der Waals surface area contributed by atoms with Crippen LogP contribution in [0.5, 0.6) is 0 Å². The van der Waals surface area contributed by atoms with Gasteiger partial charge in [0.25, 0.3) is 5.91 Å². The van der Waals surface area contributed by atoms with Crippen LogP contribution in [0.4, 0.5) is 0 Å². The Morgan fingerprint density at radius 1 is 1.06 bits per heavy atom. The van der Waals surface area contributed by atoms with Crippen LogP contribution in [0.3, 0.4) is 0 Å². The number of amides is 1. The van der Waals surface area contributed by atoms with E-state index in [1.807, 2.05) is 25.1 Å². The highest BCUT2D eigenvalue weighted by Crippen LogP contribution is 2.28. The Morgan fingerprint density at radius 2 is 1.78 bits per heavy atom. The molecule has 2 aromatic carbocycles. The number of nitrogens with one attached hydrogen (secondary N) is 2. The summed E-state index contributed by atoms with van der Waals surface area (Å²) >= 11 is 0. The van der Waals surface area contributed by atoms with Gasteiger partial charge in [0.15, 0.2) is 0 Å². The van der Waals surface area contributed by atoms with Gasteiger partial charge in [0, 0.05) is 11.6 Å². The molecule has 7 heteroatoms. The summed E-state index contributed by atoms with van der Waals surface area (Å²) < 4.78 is 33.1. The summed E-state index contributed by atoms with van der Waals surface area (Å²) in [6.45, 7) is 8.09. The highest BCUT2D eigenvalue weighted by Gasteiger charge is 2.25. The van der Waals surface area contributed by atoms with E-state index in [2.05, 4.69) is 36.0 Å². The van der Waals surface area contributed by atoms with Gasteiger partial charge >= 0.3 is 0 Å². The molecule has 0 saturated heterocycles. The number of carbonyl (C=O) groups excluding carboxylic acids is 1. The first kappa shape index (κ1) is 23.8. The van der Waals surface area contributed by atoms with Gasteiger partial charge in [-0.25, -0.2) is 13.1 Å². The van der Waals surface area contributed by atoms with Gasteiger partial charge < -0.3 is 9.73 Å². The Morgan fingerprint density at radius 3 is 2.44 bits per heavy atom. The van der Waals surface area contributed by atoms with Crippen LogP contribution in [0.15, 0.2) is 76.2 Å². The van der Waals surface area contributed by atoms with Crippen molar-refractivity contribution in [1.29, 1.82) is 0 Å². The Bertz CT molecular complexity index is 1150. The van der Waals surface area contributed by atoms with E-state index in [4.69, 9.17) is 4.42 Å². The van der Waals surface area contributed by atoms with Gasteiger partial charge in [-0.15, -0.1) is 0 Å². The molecule has 0 saturated carbocycles. The molecule has 1 heterocycles. The molecule has 0 fully saturated rings. The molecule has 0 aliphatic rings. The largest absolute Gasteiger partial charge is 0.468 e. The highest BCUT2D eigenvalue weighted by atomic mass is 32.2. The normalized spacial score (nSPS) is 13.0. The molecule has 0 spiro atoms. The fraction of sp³-hybridized carbons (Fsp3) is 0.320. The summed E-state index contributed by atoms with van der Waals surface area (Å²) in [5.41, 5.74) is 2.13. The van der Waals surface area contributed by atoms with E-state index in [0.29, 0.717) is 16.9 Å². The van der Waals surface area contributed by atoms with Crippen LogP contribution in [-0.4, -0.2) is 20.4 Å². The third-order valence-electron chi connectivity index (χ3n) is 5.53. The predicted octanol–water partition coefficient (Wildman–Crippen LogP) is 4.55. The average molecular weight is 455 g/mol. The molecule has 0 aliphatic heterocycles. The van der Waals surface area contributed by atoms with Crippen molar-refractivity contribution in [3.8, 4) is 0 Å². The fourth-order valence-corrected chi connectivity index (χ4v) is 4.82. The monoisotopic (exact) mass is 454 g/mol. The standard InChI is InChI=1S/C25H30N2O4S/c1-18-12-13-22(32(29,30)26-17-21-11-8-14-31-21)15-23(18)24(28)27-19(2)16-25(3,4)20-9-6-5-7-10-20/h5-15,19,26H,16-17H2,1-4H3,(H,27,28). The molecule has 1 amide bonds. The maximum absolute atomic E-state index is 13.0. The van der Waals surface area contributed by atoms with Crippen LogP contribution in [0.2, 0.25) is 0 Å². The molecule has 0 radical (unpaired) electrons. The van der Waals surface area contributed by atoms with Crippen molar-refractivity contribution in [2.45, 2.75) is 57.0 Å². The highest BCUT2D eigenvalue weighted by molar-refractivity contribution is 7.89. The third-order valence-corrected chi connectivity index (χ3v) is 6.93. The van der Waals surface area contributed by atoms with Gasteiger partial charge in [0.1, 0.15) is 5.76 Å². The van der Waals surface area contributed by atoms with Crippen molar-refractivity contribution in [2.75, 3.05) is 0 Å². The summed E-state index contributed by atoms with van der Waals surface area (Å²) in [6, 6.07) is 18.0. The average Bonchev–Trinajstić information content (AvgIpc) is 3.26. The Labute approximate surface area is 190 Å². The van der Waals surface area contributed by atoms with Gasteiger partial charge in [0.2, 0.25) is 10.0 Å². The van der Waals surface area contributed by atoms with Crippen LogP contribution in [0, 0.1) is 6.92 Å². The van der Waals surface area contributed by atoms with Gasteiger partial charge in [-0.1, -0.05) is 50.2 Å². The minimum Gasteiger partial charge on any atom is -0.468 e. The lowest BCUT2D eigenvalue weighted by Crippen LogP contribution is -2.37. The van der Waals surface area contributed by atoms with E-state index in [9.17, 15) is 13.2 Å². The first-order chi connectivity index (χ1) is 15.1. The molecule has 2 N–H and O–H groups in total. The topological polar surface area (TPSA) is 88.4 Å². The minimum atomic E-state index is -3.79. The zero-order chi connectivity index (χ0) is 23.4. The summed E-state index contributed by atoms with van der Waals surface area (Å²) in [7, 11) is -3.79. The lowest BCUT2D eigenvalue weighted by atomic mass is 9.79. The summed E-state index contributed by atoms with van der Waals surface area (Å²) in [6.07, 6.45) is 2.22. The number of hydrogen-bond acceptors (Lipinski definition) is 4. The van der Waals surface area contributed by atoms with E-state index < -0.39 is 10.0 Å². The van der Waals surface area contributed by atoms with E-state index >= 15 is 0 Å². The Kier molecular flexibility index (Phi) is 7.21. The van der Waals surface area contributed by atoms with Crippen molar-refractivity contribution in [3.63, 3.8) is 0 Å². The second-order valence-corrected chi connectivity index (χ2v) is 10.5. The van der Waals surface area contributed by atoms with Crippen LogP contribution in [0.25, 0.3) is 0 Å². The molecule has 1 unspecified atom stereocenters. The van der Waals surface area contributed by atoms with Gasteiger partial charge in [-0.2, -0.15) is 0 Å². The van der Waals surface area contributed by atoms with Crippen molar-refractivity contribution >= 4 is 15.9 Å². The summed E-state index contributed by atoms with van der Waals surface area (Å²) in [5.74, 6) is 0.218. The van der Waals surface area contributed by atoms with E-state index in [1.165, 1.54) is 24.0 Å². The molecule has 170 valence electrons. The van der Waals surface area contributed by atoms with Crippen molar-refractivity contribution < 1.29 is 17.6 Å². The van der Waals surface area contributed by atoms with Gasteiger partial charge in [0.05, 0.1) is 17.7 Å². The predicted molar refractivity (Wildman–Crippen MR) is 125 cm³/mol. The fourth-order valence-electron chi connectivity index (χ4n) is 3.80. The lowest BCUT2D eigenvalue weighted by molar-refractivity contribution is 0.0933. The summed E-state index contributed by atoms with van der Waals surface area (Å²) in [4.78, 5) is 13.0. The van der Waals surface area contributed by atoms with Gasteiger partial charge in [-0.05, 0) is 61.1 Å². The molecule has 0 bridgehead atoms. The molecule has 3 rings (SSSR count). The molecular weight excluding hydrogens is 424 g/mol. The molecule has 1 aromatic heterocycles. The van der Waals surface area contributed by atoms with E-state index in [-0.39, 0.29) is 28.8 Å². The minimum absolute atomic E-state index is 0.0380. The zero-order valence-electron chi connectivity index (χ0n) is 18.9. The van der Waals surface area contributed by atoms with Crippen molar-refractivity contribution in [3.05, 3.63) is 89.4 Å². The van der Waals surface area contributed by atoms with Crippen molar-refractivity contribution in [1.82, 2.24) is 10.0 Å². The number of sulfonamides is 1. The second kappa shape index (κ2) is 9.71. The number of furan rings is 1. The molecule has 0 aliphatic carbocycles. The zero-order valence-corrected chi connectivity index (χ0v) is 19.7. The molecule has 3 aromatic rings. The number of aryl methyl sites for hydroxylation is 1. The first-order valence-electron chi connectivity index (χ1n) is 10.6. The van der Waals surface area contributed by atoms with Crippen LogP contribution in [-0.2, 0) is 22.0 Å². The maximum atomic E-state index is 13.0. The molecule has 6 nitrogen and oxygen atoms in total.